The van der Waals surface area contributed by atoms with Gasteiger partial charge in [-0.05, 0) is 37.8 Å². The van der Waals surface area contributed by atoms with E-state index < -0.39 is 0 Å². The van der Waals surface area contributed by atoms with Gasteiger partial charge < -0.3 is 20.7 Å². The standard InChI is InChI=1S/C17H23N3O3.ClH/c1-23-13-6-7-14(18)15(9-13)19-16(21)12-3-2-8-20(10-12)17(22)11-4-5-11;/h6-7,9,11-12H,2-5,8,10,18H2,1H3,(H,19,21);1H. The van der Waals surface area contributed by atoms with Crippen LogP contribution >= 0.6 is 12.4 Å². The van der Waals surface area contributed by atoms with E-state index in [0.29, 0.717) is 23.7 Å². The number of ether oxygens (including phenoxy) is 1. The summed E-state index contributed by atoms with van der Waals surface area (Å²) in [6.07, 6.45) is 3.65. The zero-order chi connectivity index (χ0) is 16.4. The van der Waals surface area contributed by atoms with E-state index in [-0.39, 0.29) is 36.1 Å². The number of amides is 2. The number of likely N-dealkylation sites (tertiary alicyclic amines) is 1. The molecule has 1 atom stereocenters. The van der Waals surface area contributed by atoms with Crippen LogP contribution in [0.1, 0.15) is 25.7 Å². The fourth-order valence-electron chi connectivity index (χ4n) is 2.99. The minimum atomic E-state index is -0.183. The minimum absolute atomic E-state index is 0. The molecule has 1 aromatic carbocycles. The molecule has 3 rings (SSSR count). The molecule has 0 spiro atoms. The molecule has 6 nitrogen and oxygen atoms in total. The van der Waals surface area contributed by atoms with Crippen LogP contribution in [-0.2, 0) is 9.59 Å². The Balaban J connectivity index is 0.00000208. The van der Waals surface area contributed by atoms with Gasteiger partial charge in [-0.25, -0.2) is 0 Å². The number of nitrogen functional groups attached to an aromatic ring is 1. The summed E-state index contributed by atoms with van der Waals surface area (Å²) >= 11 is 0. The number of hydrogen-bond donors (Lipinski definition) is 2. The molecule has 132 valence electrons. The quantitative estimate of drug-likeness (QED) is 0.813. The number of carbonyl (C=O) groups is 2. The van der Waals surface area contributed by atoms with Crippen LogP contribution < -0.4 is 15.8 Å². The first-order valence-electron chi connectivity index (χ1n) is 8.11. The van der Waals surface area contributed by atoms with Crippen molar-refractivity contribution in [3.05, 3.63) is 18.2 Å². The zero-order valence-electron chi connectivity index (χ0n) is 13.8. The summed E-state index contributed by atoms with van der Waals surface area (Å²) in [6.45, 7) is 1.27. The van der Waals surface area contributed by atoms with Gasteiger partial charge in [-0.2, -0.15) is 0 Å². The van der Waals surface area contributed by atoms with Crippen molar-refractivity contribution in [3.63, 3.8) is 0 Å². The van der Waals surface area contributed by atoms with Crippen molar-refractivity contribution < 1.29 is 14.3 Å². The third-order valence-corrected chi connectivity index (χ3v) is 4.55. The Bertz CT molecular complexity index is 619. The first-order chi connectivity index (χ1) is 11.1. The molecule has 2 amide bonds. The maximum Gasteiger partial charge on any atom is 0.229 e. The monoisotopic (exact) mass is 353 g/mol. The van der Waals surface area contributed by atoms with E-state index in [9.17, 15) is 9.59 Å². The Morgan fingerprint density at radius 1 is 1.25 bits per heavy atom. The van der Waals surface area contributed by atoms with Crippen LogP contribution in [0.4, 0.5) is 11.4 Å². The summed E-state index contributed by atoms with van der Waals surface area (Å²) in [5, 5.41) is 2.88. The summed E-state index contributed by atoms with van der Waals surface area (Å²) in [7, 11) is 1.57. The highest BCUT2D eigenvalue weighted by Gasteiger charge is 2.36. The van der Waals surface area contributed by atoms with Crippen molar-refractivity contribution >= 4 is 35.6 Å². The number of halogens is 1. The number of piperidine rings is 1. The van der Waals surface area contributed by atoms with Crippen molar-refractivity contribution in [2.75, 3.05) is 31.2 Å². The van der Waals surface area contributed by atoms with Crippen LogP contribution in [0.5, 0.6) is 5.75 Å². The summed E-state index contributed by atoms with van der Waals surface area (Å²) in [6, 6.07) is 5.17. The molecule has 2 aliphatic rings. The smallest absolute Gasteiger partial charge is 0.229 e. The molecule has 3 N–H and O–H groups in total. The second kappa shape index (κ2) is 7.75. The summed E-state index contributed by atoms with van der Waals surface area (Å²) in [5.41, 5.74) is 6.97. The van der Waals surface area contributed by atoms with E-state index >= 15 is 0 Å². The Morgan fingerprint density at radius 2 is 2.00 bits per heavy atom. The number of anilines is 2. The highest BCUT2D eigenvalue weighted by molar-refractivity contribution is 5.96. The first-order valence-corrected chi connectivity index (χ1v) is 8.11. The molecule has 1 aliphatic carbocycles. The Morgan fingerprint density at radius 3 is 2.67 bits per heavy atom. The average Bonchev–Trinajstić information content (AvgIpc) is 3.41. The summed E-state index contributed by atoms with van der Waals surface area (Å²) in [4.78, 5) is 26.6. The number of nitrogens with two attached hydrogens (primary N) is 1. The number of nitrogens with one attached hydrogen (secondary N) is 1. The number of carbonyl (C=O) groups excluding carboxylic acids is 2. The van der Waals surface area contributed by atoms with E-state index in [1.807, 2.05) is 4.90 Å². The largest absolute Gasteiger partial charge is 0.497 e. The van der Waals surface area contributed by atoms with Crippen LogP contribution in [0.3, 0.4) is 0 Å². The Hall–Kier alpha value is -1.95. The molecular formula is C17H24ClN3O3. The van der Waals surface area contributed by atoms with Gasteiger partial charge in [-0.3, -0.25) is 9.59 Å². The van der Waals surface area contributed by atoms with Crippen molar-refractivity contribution in [2.24, 2.45) is 11.8 Å². The second-order valence-corrected chi connectivity index (χ2v) is 6.34. The topological polar surface area (TPSA) is 84.7 Å². The van der Waals surface area contributed by atoms with Crippen LogP contribution in [0.25, 0.3) is 0 Å². The Kier molecular flexibility index (Phi) is 5.94. The molecule has 2 fully saturated rings. The normalized spacial score (nSPS) is 20.0. The lowest BCUT2D eigenvalue weighted by molar-refractivity contribution is -0.135. The van der Waals surface area contributed by atoms with Crippen LogP contribution in [0, 0.1) is 11.8 Å². The molecule has 1 unspecified atom stereocenters. The molecule has 24 heavy (non-hydrogen) atoms. The minimum Gasteiger partial charge on any atom is -0.497 e. The second-order valence-electron chi connectivity index (χ2n) is 6.34. The molecule has 1 aromatic rings. The highest BCUT2D eigenvalue weighted by atomic mass is 35.5. The highest BCUT2D eigenvalue weighted by Crippen LogP contribution is 2.33. The van der Waals surface area contributed by atoms with E-state index in [4.69, 9.17) is 10.5 Å². The van der Waals surface area contributed by atoms with Crippen molar-refractivity contribution in [1.29, 1.82) is 0 Å². The lowest BCUT2D eigenvalue weighted by Crippen LogP contribution is -2.44. The van der Waals surface area contributed by atoms with E-state index in [2.05, 4.69) is 5.32 Å². The van der Waals surface area contributed by atoms with Gasteiger partial charge in [0.1, 0.15) is 5.75 Å². The van der Waals surface area contributed by atoms with Crippen LogP contribution in [-0.4, -0.2) is 36.9 Å². The van der Waals surface area contributed by atoms with Gasteiger partial charge in [-0.1, -0.05) is 0 Å². The van der Waals surface area contributed by atoms with E-state index in [0.717, 1.165) is 32.2 Å². The summed E-state index contributed by atoms with van der Waals surface area (Å²) < 4.78 is 5.16. The van der Waals surface area contributed by atoms with E-state index in [1.54, 1.807) is 25.3 Å². The van der Waals surface area contributed by atoms with Crippen molar-refractivity contribution in [1.82, 2.24) is 4.90 Å². The van der Waals surface area contributed by atoms with Gasteiger partial charge in [0.15, 0.2) is 0 Å². The predicted octanol–water partition coefficient (Wildman–Crippen LogP) is 2.29. The molecule has 0 radical (unpaired) electrons. The van der Waals surface area contributed by atoms with Crippen LogP contribution in [0.15, 0.2) is 18.2 Å². The number of methoxy groups -OCH3 is 1. The lowest BCUT2D eigenvalue weighted by Gasteiger charge is -2.32. The van der Waals surface area contributed by atoms with Gasteiger partial charge in [0.05, 0.1) is 24.4 Å². The lowest BCUT2D eigenvalue weighted by atomic mass is 9.96. The van der Waals surface area contributed by atoms with E-state index in [1.165, 1.54) is 0 Å². The fourth-order valence-corrected chi connectivity index (χ4v) is 2.99. The number of rotatable bonds is 4. The van der Waals surface area contributed by atoms with Crippen molar-refractivity contribution in [2.45, 2.75) is 25.7 Å². The van der Waals surface area contributed by atoms with Gasteiger partial charge in [0.2, 0.25) is 11.8 Å². The van der Waals surface area contributed by atoms with Gasteiger partial charge in [0, 0.05) is 25.1 Å². The first kappa shape index (κ1) is 18.4. The molecule has 7 heteroatoms. The maximum atomic E-state index is 12.5. The number of hydrogen-bond acceptors (Lipinski definition) is 4. The number of nitrogens with zero attached hydrogens (tertiary/aromatic N) is 1. The maximum absolute atomic E-state index is 12.5. The molecule has 1 saturated heterocycles. The predicted molar refractivity (Wildman–Crippen MR) is 95.3 cm³/mol. The number of benzene rings is 1. The molecule has 0 aromatic heterocycles. The van der Waals surface area contributed by atoms with Gasteiger partial charge >= 0.3 is 0 Å². The molecule has 1 heterocycles. The molecule has 0 bridgehead atoms. The zero-order valence-corrected chi connectivity index (χ0v) is 14.6. The molecule has 1 saturated carbocycles. The molecular weight excluding hydrogens is 330 g/mol. The third-order valence-electron chi connectivity index (χ3n) is 4.55. The average molecular weight is 354 g/mol. The molecule has 1 aliphatic heterocycles. The van der Waals surface area contributed by atoms with Gasteiger partial charge in [-0.15, -0.1) is 12.4 Å². The third kappa shape index (κ3) is 4.12. The summed E-state index contributed by atoms with van der Waals surface area (Å²) in [5.74, 6) is 0.785. The van der Waals surface area contributed by atoms with Crippen molar-refractivity contribution in [3.8, 4) is 5.75 Å². The SMILES string of the molecule is COc1ccc(N)c(NC(=O)C2CCCN(C(=O)C3CC3)C2)c1.Cl. The Labute approximate surface area is 148 Å². The fraction of sp³-hybridized carbons (Fsp3) is 0.529. The van der Waals surface area contributed by atoms with Gasteiger partial charge in [0.25, 0.3) is 0 Å². The van der Waals surface area contributed by atoms with Crippen LogP contribution in [0.2, 0.25) is 0 Å².